The molecule has 0 saturated carbocycles. The molecule has 0 aromatic carbocycles. The Kier molecular flexibility index (Phi) is 21.0. The molecule has 1 rings (SSSR count). The fourth-order valence-electron chi connectivity index (χ4n) is 4.34. The highest BCUT2D eigenvalue weighted by Gasteiger charge is 2.44. The number of hydrogen-bond acceptors (Lipinski definition) is 7. The maximum Gasteiger partial charge on any atom is 0.243 e. The molecule has 0 aromatic rings. The van der Waals surface area contributed by atoms with Crippen LogP contribution in [0.1, 0.15) is 78.6 Å². The monoisotopic (exact) mass is 602 g/mol. The number of carbonyl (C=O) groups is 2. The van der Waals surface area contributed by atoms with Gasteiger partial charge in [-0.25, -0.2) is 0 Å². The maximum absolute atomic E-state index is 12.9. The predicted octanol–water partition coefficient (Wildman–Crippen LogP) is 3.91. The molecule has 2 amide bonds. The third-order valence-corrected chi connectivity index (χ3v) is 6.70. The maximum atomic E-state index is 12.9. The molecule has 0 aromatic heterocycles. The fraction of sp³-hybridized carbons (Fsp3) is 0.588. The fourth-order valence-corrected chi connectivity index (χ4v) is 4.34. The molecule has 0 unspecified atom stereocenters. The van der Waals surface area contributed by atoms with E-state index in [1.807, 2.05) is 26.0 Å². The van der Waals surface area contributed by atoms with Gasteiger partial charge in [0.25, 0.3) is 0 Å². The lowest BCUT2D eigenvalue weighted by Gasteiger charge is -2.40. The van der Waals surface area contributed by atoms with E-state index >= 15 is 0 Å². The van der Waals surface area contributed by atoms with Gasteiger partial charge >= 0.3 is 0 Å². The average Bonchev–Trinajstić information content (AvgIpc) is 2.97. The summed E-state index contributed by atoms with van der Waals surface area (Å²) in [4.78, 5) is 25.4. The standard InChI is InChI=1S/C34H54N2O7/c1-4-5-6-7-8-9-10-11-12-13-14-15-16-17-18-19-20-21-22-23-29(38)35-27(24-26(2)3)33(41)36-30-32(40)31(39)28(25-37)43-34(30)42/h5-6,8-9,11-12,14-15,17-18,20-21,26-28,30-32,34,37,39-40,42H,4,7,10,13,16,19,22-25H2,1-3H3,(H,35,38)(H,36,41)/b6-5-,9-8-,12-11-,15-14-,18-17-,21-20-/t27-,28+,30+,31+,32+,34+/m0/s1. The van der Waals surface area contributed by atoms with Crippen molar-refractivity contribution < 1.29 is 34.8 Å². The van der Waals surface area contributed by atoms with Gasteiger partial charge in [-0.1, -0.05) is 93.7 Å². The normalized spacial score (nSPS) is 24.0. The number of rotatable bonds is 20. The van der Waals surface area contributed by atoms with E-state index < -0.39 is 49.2 Å². The van der Waals surface area contributed by atoms with Crippen LogP contribution in [0.5, 0.6) is 0 Å². The van der Waals surface area contributed by atoms with Crippen LogP contribution >= 0.6 is 0 Å². The van der Waals surface area contributed by atoms with Crippen LogP contribution in [-0.4, -0.2) is 75.5 Å². The van der Waals surface area contributed by atoms with Crippen LogP contribution in [0.4, 0.5) is 0 Å². The number of aliphatic hydroxyl groups is 4. The van der Waals surface area contributed by atoms with E-state index in [1.165, 1.54) is 0 Å². The molecule has 0 aliphatic carbocycles. The van der Waals surface area contributed by atoms with Crippen molar-refractivity contribution in [3.05, 3.63) is 72.9 Å². The van der Waals surface area contributed by atoms with Crippen LogP contribution < -0.4 is 10.6 Å². The average molecular weight is 603 g/mol. The molecule has 6 N–H and O–H groups in total. The summed E-state index contributed by atoms with van der Waals surface area (Å²) in [6.07, 6.45) is 26.3. The van der Waals surface area contributed by atoms with E-state index in [4.69, 9.17) is 4.74 Å². The van der Waals surface area contributed by atoms with Gasteiger partial charge in [0.15, 0.2) is 6.29 Å². The highest BCUT2D eigenvalue weighted by atomic mass is 16.6. The molecular formula is C34H54N2O7. The first kappa shape index (κ1) is 38.2. The van der Waals surface area contributed by atoms with E-state index in [2.05, 4.69) is 78.3 Å². The first-order valence-corrected chi connectivity index (χ1v) is 15.5. The first-order chi connectivity index (χ1) is 20.7. The van der Waals surface area contributed by atoms with E-state index in [-0.39, 0.29) is 18.2 Å². The molecule has 1 heterocycles. The third-order valence-electron chi connectivity index (χ3n) is 6.70. The Bertz CT molecular complexity index is 954. The molecule has 0 bridgehead atoms. The SMILES string of the molecule is CC/C=C\C/C=C\C/C=C\C/C=C\C/C=C\C/C=C\CCC(=O)N[C@@H](CC(C)C)C(=O)N[C@@H]1[C@@H](O)[C@H](O)[C@@H](CO)O[C@H]1O. The molecule has 1 aliphatic rings. The van der Waals surface area contributed by atoms with Gasteiger partial charge in [0.05, 0.1) is 6.61 Å². The topological polar surface area (TPSA) is 148 Å². The zero-order chi connectivity index (χ0) is 31.9. The van der Waals surface area contributed by atoms with E-state index in [0.717, 1.165) is 38.5 Å². The highest BCUT2D eigenvalue weighted by molar-refractivity contribution is 5.87. The quantitative estimate of drug-likeness (QED) is 0.116. The van der Waals surface area contributed by atoms with Gasteiger partial charge in [-0.3, -0.25) is 9.59 Å². The Morgan fingerprint density at radius 3 is 1.72 bits per heavy atom. The minimum Gasteiger partial charge on any atom is -0.394 e. The van der Waals surface area contributed by atoms with Gasteiger partial charge in [0.1, 0.15) is 30.4 Å². The van der Waals surface area contributed by atoms with Crippen molar-refractivity contribution in [1.29, 1.82) is 0 Å². The Labute approximate surface area is 257 Å². The Morgan fingerprint density at radius 1 is 0.767 bits per heavy atom. The molecule has 9 heteroatoms. The molecule has 1 saturated heterocycles. The van der Waals surface area contributed by atoms with Crippen LogP contribution in [0.2, 0.25) is 0 Å². The van der Waals surface area contributed by atoms with Crippen molar-refractivity contribution in [1.82, 2.24) is 10.6 Å². The van der Waals surface area contributed by atoms with Crippen LogP contribution in [0, 0.1) is 5.92 Å². The summed E-state index contributed by atoms with van der Waals surface area (Å²) in [5, 5.41) is 45.0. The molecule has 0 spiro atoms. The lowest BCUT2D eigenvalue weighted by Crippen LogP contribution is -2.65. The van der Waals surface area contributed by atoms with Crippen LogP contribution in [0.3, 0.4) is 0 Å². The van der Waals surface area contributed by atoms with Gasteiger partial charge in [0.2, 0.25) is 11.8 Å². The van der Waals surface area contributed by atoms with Crippen molar-refractivity contribution in [3.8, 4) is 0 Å². The first-order valence-electron chi connectivity index (χ1n) is 15.5. The minimum absolute atomic E-state index is 0.0845. The summed E-state index contributed by atoms with van der Waals surface area (Å²) in [5.74, 6) is -0.805. The molecule has 43 heavy (non-hydrogen) atoms. The van der Waals surface area contributed by atoms with Crippen LogP contribution in [-0.2, 0) is 14.3 Å². The highest BCUT2D eigenvalue weighted by Crippen LogP contribution is 2.20. The summed E-state index contributed by atoms with van der Waals surface area (Å²) >= 11 is 0. The lowest BCUT2D eigenvalue weighted by atomic mass is 9.96. The Morgan fingerprint density at radius 2 is 1.26 bits per heavy atom. The largest absolute Gasteiger partial charge is 0.394 e. The zero-order valence-corrected chi connectivity index (χ0v) is 26.1. The summed E-state index contributed by atoms with van der Waals surface area (Å²) in [7, 11) is 0. The van der Waals surface area contributed by atoms with Crippen LogP contribution in [0.25, 0.3) is 0 Å². The molecular weight excluding hydrogens is 548 g/mol. The molecule has 242 valence electrons. The Hall–Kier alpha value is -2.82. The number of allylic oxidation sites excluding steroid dienone is 12. The second-order valence-corrected chi connectivity index (χ2v) is 11.0. The van der Waals surface area contributed by atoms with Crippen molar-refractivity contribution in [3.63, 3.8) is 0 Å². The number of hydrogen-bond donors (Lipinski definition) is 6. The summed E-state index contributed by atoms with van der Waals surface area (Å²) in [5.41, 5.74) is 0. The molecule has 9 nitrogen and oxygen atoms in total. The summed E-state index contributed by atoms with van der Waals surface area (Å²) in [6.45, 7) is 5.35. The molecule has 1 aliphatic heterocycles. The second-order valence-electron chi connectivity index (χ2n) is 11.0. The van der Waals surface area contributed by atoms with Crippen molar-refractivity contribution in [2.75, 3.05) is 6.61 Å². The van der Waals surface area contributed by atoms with E-state index in [1.54, 1.807) is 0 Å². The lowest BCUT2D eigenvalue weighted by molar-refractivity contribution is -0.254. The van der Waals surface area contributed by atoms with Gasteiger partial charge in [-0.2, -0.15) is 0 Å². The van der Waals surface area contributed by atoms with Crippen LogP contribution in [0.15, 0.2) is 72.9 Å². The van der Waals surface area contributed by atoms with Crippen molar-refractivity contribution in [2.45, 2.75) is 115 Å². The van der Waals surface area contributed by atoms with Crippen molar-refractivity contribution in [2.24, 2.45) is 5.92 Å². The number of ether oxygens (including phenoxy) is 1. The zero-order valence-electron chi connectivity index (χ0n) is 26.1. The Balaban J connectivity index is 2.33. The van der Waals surface area contributed by atoms with Gasteiger partial charge < -0.3 is 35.8 Å². The minimum atomic E-state index is -1.62. The molecule has 0 radical (unpaired) electrons. The van der Waals surface area contributed by atoms with Gasteiger partial charge in [0, 0.05) is 6.42 Å². The third kappa shape index (κ3) is 17.2. The number of carbonyl (C=O) groups excluding carboxylic acids is 2. The molecule has 6 atom stereocenters. The number of aliphatic hydroxyl groups excluding tert-OH is 4. The number of amides is 2. The van der Waals surface area contributed by atoms with Crippen molar-refractivity contribution >= 4 is 11.8 Å². The number of nitrogens with one attached hydrogen (secondary N) is 2. The van der Waals surface area contributed by atoms with E-state index in [0.29, 0.717) is 12.8 Å². The predicted molar refractivity (Wildman–Crippen MR) is 171 cm³/mol. The second kappa shape index (κ2) is 23.6. The van der Waals surface area contributed by atoms with Gasteiger partial charge in [-0.05, 0) is 57.3 Å². The van der Waals surface area contributed by atoms with Gasteiger partial charge in [-0.15, -0.1) is 0 Å². The molecule has 1 fully saturated rings. The summed E-state index contributed by atoms with van der Waals surface area (Å²) in [6, 6.07) is -2.19. The van der Waals surface area contributed by atoms with E-state index in [9.17, 15) is 30.0 Å². The smallest absolute Gasteiger partial charge is 0.243 e. The summed E-state index contributed by atoms with van der Waals surface area (Å²) < 4.78 is 5.09.